The molecule has 1 aromatic heterocycles. The highest BCUT2D eigenvalue weighted by Gasteiger charge is 2.18. The standard InChI is InChI=1S/C9H7ClF2N2O/c1-15-7-2-5(4-13)8(9(11)12)14-6(7)3-10/h2,9H,3H2,1H3. The molecule has 0 unspecified atom stereocenters. The van der Waals surface area contributed by atoms with Gasteiger partial charge in [0.05, 0.1) is 24.2 Å². The lowest BCUT2D eigenvalue weighted by Crippen LogP contribution is -2.02. The van der Waals surface area contributed by atoms with Crippen LogP contribution in [0.3, 0.4) is 0 Å². The molecule has 3 nitrogen and oxygen atoms in total. The monoisotopic (exact) mass is 232 g/mol. The summed E-state index contributed by atoms with van der Waals surface area (Å²) in [5.41, 5.74) is -0.557. The summed E-state index contributed by atoms with van der Waals surface area (Å²) in [7, 11) is 1.36. The number of halogens is 3. The van der Waals surface area contributed by atoms with Gasteiger partial charge in [0.2, 0.25) is 0 Å². The number of hydrogen-bond acceptors (Lipinski definition) is 3. The highest BCUT2D eigenvalue weighted by Crippen LogP contribution is 2.27. The first kappa shape index (κ1) is 11.7. The molecule has 0 atom stereocenters. The molecule has 0 bridgehead atoms. The molecule has 6 heteroatoms. The Labute approximate surface area is 90.3 Å². The molecule has 0 saturated carbocycles. The van der Waals surface area contributed by atoms with E-state index in [2.05, 4.69) is 4.98 Å². The van der Waals surface area contributed by atoms with E-state index in [1.54, 1.807) is 6.07 Å². The third-order valence-electron chi connectivity index (χ3n) is 1.76. The highest BCUT2D eigenvalue weighted by molar-refractivity contribution is 6.17. The van der Waals surface area contributed by atoms with Gasteiger partial charge in [-0.25, -0.2) is 13.8 Å². The van der Waals surface area contributed by atoms with Crippen LogP contribution in [0.25, 0.3) is 0 Å². The SMILES string of the molecule is COc1cc(C#N)c(C(F)F)nc1CCl. The van der Waals surface area contributed by atoms with Crippen LogP contribution < -0.4 is 4.74 Å². The van der Waals surface area contributed by atoms with E-state index in [-0.39, 0.29) is 22.9 Å². The quantitative estimate of drug-likeness (QED) is 0.753. The number of alkyl halides is 3. The van der Waals surface area contributed by atoms with Crippen molar-refractivity contribution in [3.63, 3.8) is 0 Å². The number of rotatable bonds is 3. The van der Waals surface area contributed by atoms with Gasteiger partial charge < -0.3 is 4.74 Å². The fourth-order valence-corrected chi connectivity index (χ4v) is 1.27. The van der Waals surface area contributed by atoms with Crippen molar-refractivity contribution < 1.29 is 13.5 Å². The van der Waals surface area contributed by atoms with Gasteiger partial charge in [-0.3, -0.25) is 0 Å². The van der Waals surface area contributed by atoms with Crippen LogP contribution in [-0.4, -0.2) is 12.1 Å². The minimum Gasteiger partial charge on any atom is -0.495 e. The summed E-state index contributed by atoms with van der Waals surface area (Å²) in [4.78, 5) is 3.60. The van der Waals surface area contributed by atoms with Gasteiger partial charge in [-0.15, -0.1) is 11.6 Å². The van der Waals surface area contributed by atoms with E-state index in [9.17, 15) is 8.78 Å². The van der Waals surface area contributed by atoms with Crippen molar-refractivity contribution in [1.29, 1.82) is 5.26 Å². The van der Waals surface area contributed by atoms with Gasteiger partial charge in [-0.2, -0.15) is 5.26 Å². The highest BCUT2D eigenvalue weighted by atomic mass is 35.5. The summed E-state index contributed by atoms with van der Waals surface area (Å²) >= 11 is 5.51. The number of nitrogens with zero attached hydrogens (tertiary/aromatic N) is 2. The Bertz CT molecular complexity index is 404. The lowest BCUT2D eigenvalue weighted by molar-refractivity contribution is 0.145. The molecule has 1 rings (SSSR count). The Morgan fingerprint density at radius 1 is 1.67 bits per heavy atom. The summed E-state index contributed by atoms with van der Waals surface area (Å²) in [6.07, 6.45) is -2.80. The van der Waals surface area contributed by atoms with Crippen LogP contribution in [0.5, 0.6) is 5.75 Å². The maximum absolute atomic E-state index is 12.5. The summed E-state index contributed by atoms with van der Waals surface area (Å²) in [6, 6.07) is 2.85. The number of ether oxygens (including phenoxy) is 1. The second-order valence-corrected chi connectivity index (χ2v) is 2.88. The zero-order valence-corrected chi connectivity index (χ0v) is 8.55. The lowest BCUT2D eigenvalue weighted by Gasteiger charge is -2.08. The smallest absolute Gasteiger partial charge is 0.281 e. The second-order valence-electron chi connectivity index (χ2n) is 2.62. The van der Waals surface area contributed by atoms with Gasteiger partial charge in [0.25, 0.3) is 6.43 Å². The third-order valence-corrected chi connectivity index (χ3v) is 2.02. The summed E-state index contributed by atoms with van der Waals surface area (Å²) < 4.78 is 29.8. The first-order valence-corrected chi connectivity index (χ1v) is 4.49. The maximum Gasteiger partial charge on any atom is 0.281 e. The van der Waals surface area contributed by atoms with E-state index >= 15 is 0 Å². The molecule has 0 spiro atoms. The van der Waals surface area contributed by atoms with Gasteiger partial charge in [0, 0.05) is 6.07 Å². The fraction of sp³-hybridized carbons (Fsp3) is 0.333. The Morgan fingerprint density at radius 2 is 2.33 bits per heavy atom. The third kappa shape index (κ3) is 2.34. The Kier molecular flexibility index (Phi) is 3.81. The van der Waals surface area contributed by atoms with Crippen LogP contribution in [0.4, 0.5) is 8.78 Å². The molecule has 0 aliphatic rings. The van der Waals surface area contributed by atoms with Crippen LogP contribution >= 0.6 is 11.6 Å². The van der Waals surface area contributed by atoms with Crippen molar-refractivity contribution in [3.05, 3.63) is 23.0 Å². The zero-order valence-electron chi connectivity index (χ0n) is 7.80. The summed E-state index contributed by atoms with van der Waals surface area (Å²) in [5, 5.41) is 8.64. The summed E-state index contributed by atoms with van der Waals surface area (Å²) in [5.74, 6) is 0.195. The van der Waals surface area contributed by atoms with Gasteiger partial charge in [0.1, 0.15) is 17.5 Å². The fourth-order valence-electron chi connectivity index (χ4n) is 1.08. The average molecular weight is 233 g/mol. The maximum atomic E-state index is 12.5. The molecular weight excluding hydrogens is 226 g/mol. The molecule has 0 fully saturated rings. The normalized spacial score (nSPS) is 10.1. The first-order valence-electron chi connectivity index (χ1n) is 3.96. The first-order chi connectivity index (χ1) is 7.13. The van der Waals surface area contributed by atoms with Crippen LogP contribution in [0.1, 0.15) is 23.4 Å². The second kappa shape index (κ2) is 4.89. The molecule has 80 valence electrons. The van der Waals surface area contributed by atoms with Crippen molar-refractivity contribution in [2.75, 3.05) is 7.11 Å². The minimum atomic E-state index is -2.80. The van der Waals surface area contributed by atoms with Crippen molar-refractivity contribution in [1.82, 2.24) is 4.98 Å². The van der Waals surface area contributed by atoms with Crippen LogP contribution in [0, 0.1) is 11.3 Å². The molecule has 0 radical (unpaired) electrons. The summed E-state index contributed by atoms with van der Waals surface area (Å²) in [6.45, 7) is 0. The average Bonchev–Trinajstić information content (AvgIpc) is 2.26. The van der Waals surface area contributed by atoms with Crippen LogP contribution in [-0.2, 0) is 5.88 Å². The Hall–Kier alpha value is -1.41. The van der Waals surface area contributed by atoms with Crippen molar-refractivity contribution in [2.45, 2.75) is 12.3 Å². The molecule has 0 saturated heterocycles. The predicted octanol–water partition coefficient (Wildman–Crippen LogP) is 2.64. The van der Waals surface area contributed by atoms with Gasteiger partial charge in [0.15, 0.2) is 0 Å². The molecule has 1 heterocycles. The van der Waals surface area contributed by atoms with Gasteiger partial charge >= 0.3 is 0 Å². The van der Waals surface area contributed by atoms with E-state index in [1.807, 2.05) is 0 Å². The molecule has 0 aliphatic heterocycles. The largest absolute Gasteiger partial charge is 0.495 e. The molecule has 0 aliphatic carbocycles. The predicted molar refractivity (Wildman–Crippen MR) is 50.0 cm³/mol. The number of methoxy groups -OCH3 is 1. The van der Waals surface area contributed by atoms with Crippen molar-refractivity contribution >= 4 is 11.6 Å². The van der Waals surface area contributed by atoms with Gasteiger partial charge in [-0.1, -0.05) is 0 Å². The number of hydrogen-bond donors (Lipinski definition) is 0. The molecule has 0 amide bonds. The van der Waals surface area contributed by atoms with E-state index in [4.69, 9.17) is 21.6 Å². The van der Waals surface area contributed by atoms with Crippen molar-refractivity contribution in [3.8, 4) is 11.8 Å². The van der Waals surface area contributed by atoms with E-state index < -0.39 is 12.1 Å². The molecule has 1 aromatic rings. The molecular formula is C9H7ClF2N2O. The molecule has 0 N–H and O–H groups in total. The number of nitriles is 1. The van der Waals surface area contributed by atoms with Gasteiger partial charge in [-0.05, 0) is 0 Å². The van der Waals surface area contributed by atoms with E-state index in [1.165, 1.54) is 13.2 Å². The van der Waals surface area contributed by atoms with Crippen LogP contribution in [0.2, 0.25) is 0 Å². The lowest BCUT2D eigenvalue weighted by atomic mass is 10.2. The Balaban J connectivity index is 3.36. The van der Waals surface area contributed by atoms with Crippen molar-refractivity contribution in [2.24, 2.45) is 0 Å². The Morgan fingerprint density at radius 3 is 2.73 bits per heavy atom. The topological polar surface area (TPSA) is 45.9 Å². The number of aromatic nitrogens is 1. The molecule has 15 heavy (non-hydrogen) atoms. The van der Waals surface area contributed by atoms with E-state index in [0.29, 0.717) is 0 Å². The zero-order chi connectivity index (χ0) is 11.4. The van der Waals surface area contributed by atoms with E-state index in [0.717, 1.165) is 0 Å². The molecule has 0 aromatic carbocycles. The van der Waals surface area contributed by atoms with Crippen LogP contribution in [0.15, 0.2) is 6.07 Å². The number of pyridine rings is 1. The minimum absolute atomic E-state index is 0.0470.